The fourth-order valence-corrected chi connectivity index (χ4v) is 5.34. The third-order valence-electron chi connectivity index (χ3n) is 7.57. The van der Waals surface area contributed by atoms with E-state index in [1.54, 1.807) is 0 Å². The number of oxazole rings is 1. The number of rotatable bonds is 9. The molecule has 1 saturated heterocycles. The van der Waals surface area contributed by atoms with Gasteiger partial charge in [0, 0.05) is 36.8 Å². The highest BCUT2D eigenvalue weighted by Gasteiger charge is 2.48. The molecule has 2 N–H and O–H groups in total. The summed E-state index contributed by atoms with van der Waals surface area (Å²) in [5, 5.41) is 8.39. The van der Waals surface area contributed by atoms with Gasteiger partial charge < -0.3 is 24.7 Å². The van der Waals surface area contributed by atoms with Gasteiger partial charge in [-0.2, -0.15) is 18.3 Å². The summed E-state index contributed by atoms with van der Waals surface area (Å²) in [5.74, 6) is -4.40. The minimum atomic E-state index is -4.66. The first-order chi connectivity index (χ1) is 21.8. The quantitative estimate of drug-likeness (QED) is 0.334. The largest absolute Gasteiger partial charge is 0.438 e. The van der Waals surface area contributed by atoms with E-state index in [0.29, 0.717) is 10.2 Å². The molecule has 0 bridgehead atoms. The molecule has 42 heavy (non-hydrogen) atoms. The lowest BCUT2D eigenvalue weighted by molar-refractivity contribution is -0.150. The molecule has 3 atom stereocenters. The van der Waals surface area contributed by atoms with Gasteiger partial charge >= 0.3 is 12.2 Å². The van der Waals surface area contributed by atoms with Crippen molar-refractivity contribution in [2.24, 2.45) is 5.92 Å². The molecular formula is C27H31F5N6O4. The highest BCUT2D eigenvalue weighted by Crippen LogP contribution is 2.42. The van der Waals surface area contributed by atoms with E-state index in [0.717, 1.165) is 17.2 Å². The Morgan fingerprint density at radius 1 is 1.33 bits per heavy atom. The fraction of sp³-hybridized carbons (Fsp3) is 0.556. The van der Waals surface area contributed by atoms with Crippen LogP contribution in [-0.2, 0) is 11.2 Å². The molecule has 0 spiro atoms. The third-order valence-corrected chi connectivity index (χ3v) is 7.57. The van der Waals surface area contributed by atoms with Crippen LogP contribution in [0.15, 0.2) is 34.9 Å². The van der Waals surface area contributed by atoms with Crippen molar-refractivity contribution in [2.75, 3.05) is 20.3 Å². The van der Waals surface area contributed by atoms with Crippen LogP contribution in [0.3, 0.4) is 0 Å². The number of methoxy groups -OCH3 is 1. The summed E-state index contributed by atoms with van der Waals surface area (Å²) in [6.07, 6.45) is -4.62. The van der Waals surface area contributed by atoms with Gasteiger partial charge in [0.2, 0.25) is 11.8 Å². The minimum Gasteiger partial charge on any atom is -0.438 e. The Bertz CT molecular complexity index is 1620. The number of amides is 3. The molecule has 0 radical (unpaired) electrons. The van der Waals surface area contributed by atoms with Crippen molar-refractivity contribution in [3.8, 4) is 0 Å². The molecular weight excluding hydrogens is 567 g/mol. The van der Waals surface area contributed by atoms with Gasteiger partial charge in [0.1, 0.15) is 23.3 Å². The highest BCUT2D eigenvalue weighted by molar-refractivity contribution is 5.92. The third kappa shape index (κ3) is 6.20. The number of benzene rings is 1. The number of halogens is 5. The Balaban J connectivity index is 1.44. The number of fused-ring (bicyclic) bond motifs is 1. The zero-order valence-corrected chi connectivity index (χ0v) is 22.3. The second-order valence-electron chi connectivity index (χ2n) is 10.3. The fourth-order valence-electron chi connectivity index (χ4n) is 5.34. The maximum atomic E-state index is 14.1. The smallest absolute Gasteiger partial charge is 0.410 e. The van der Waals surface area contributed by atoms with Gasteiger partial charge in [-0.25, -0.2) is 18.6 Å². The van der Waals surface area contributed by atoms with Crippen LogP contribution in [0.4, 0.5) is 26.7 Å². The maximum Gasteiger partial charge on any atom is 0.410 e. The van der Waals surface area contributed by atoms with Crippen molar-refractivity contribution in [3.63, 3.8) is 0 Å². The van der Waals surface area contributed by atoms with E-state index in [9.17, 15) is 31.5 Å². The number of hydrogen-bond acceptors (Lipinski definition) is 6. The number of nitrogens with one attached hydrogen (secondary N) is 2. The molecule has 1 aromatic carbocycles. The molecule has 3 amide bonds. The average molecular weight is 604 g/mol. The molecule has 1 aliphatic carbocycles. The lowest BCUT2D eigenvalue weighted by Crippen LogP contribution is -2.40. The first-order valence-corrected chi connectivity index (χ1v) is 13.1. The molecule has 1 saturated carbocycles. The monoisotopic (exact) mass is 603 g/mol. The number of hydrogen-bond donors (Lipinski definition) is 2. The zero-order valence-electron chi connectivity index (χ0n) is 27.3. The molecule has 228 valence electrons. The van der Waals surface area contributed by atoms with Gasteiger partial charge in [0.15, 0.2) is 5.58 Å². The predicted octanol–water partition coefficient (Wildman–Crippen LogP) is 4.98. The minimum absolute atomic E-state index is 0.0156. The summed E-state index contributed by atoms with van der Waals surface area (Å²) in [6, 6.07) is 0.610. The van der Waals surface area contributed by atoms with Crippen LogP contribution in [0.25, 0.3) is 11.1 Å². The number of aromatic nitrogens is 3. The highest BCUT2D eigenvalue weighted by atomic mass is 19.4. The lowest BCUT2D eigenvalue weighted by Gasteiger charge is -2.32. The van der Waals surface area contributed by atoms with Crippen molar-refractivity contribution < 1.29 is 47.5 Å². The van der Waals surface area contributed by atoms with E-state index in [-0.39, 0.29) is 42.1 Å². The molecule has 3 unspecified atom stereocenters. The summed E-state index contributed by atoms with van der Waals surface area (Å²) in [6.45, 7) is -6.82. The number of ether oxygens (including phenoxy) is 1. The summed E-state index contributed by atoms with van der Waals surface area (Å²) < 4.78 is 118. The standard InChI is InChI=1S/C27H31F5N6O4/c1-3-37-11-8-17(36-37)23(39)35-22(15-6-9-26(28,29)10-7-15)24-33-18-12-16(4-5-20(18)42-24)19(14-41-2)38-13-21(27(30,31)32)34-25(38)40/h4-5,8,11-12,15,19,21-22H,3,6-7,9-10,13-14H2,1-2H3,(H,34,40)(H,35,39)/i1D3,3D2. The molecule has 15 heteroatoms. The number of carbonyl (C=O) groups is 2. The lowest BCUT2D eigenvalue weighted by atomic mass is 9.82. The number of aryl methyl sites for hydroxylation is 1. The Morgan fingerprint density at radius 2 is 2.10 bits per heavy atom. The molecule has 5 rings (SSSR count). The Hall–Kier alpha value is -3.75. The molecule has 3 aromatic rings. The SMILES string of the molecule is [2H]C([2H])([2H])C([2H])([2H])n1ccc(C(=O)NC(c2nc3cc(C(COC)N4CC(C(F)(F)F)NC4=O)ccc3o2)C2CCC(F)(F)CC2)n1. The van der Waals surface area contributed by atoms with Gasteiger partial charge in [-0.1, -0.05) is 6.07 Å². The van der Waals surface area contributed by atoms with E-state index in [1.165, 1.54) is 25.3 Å². The summed E-state index contributed by atoms with van der Waals surface area (Å²) in [5.41, 5.74) is 0.450. The van der Waals surface area contributed by atoms with E-state index < -0.39 is 80.8 Å². The normalized spacial score (nSPS) is 23.4. The second kappa shape index (κ2) is 11.5. The number of nitrogens with zero attached hydrogens (tertiary/aromatic N) is 4. The first-order valence-electron chi connectivity index (χ1n) is 15.6. The van der Waals surface area contributed by atoms with E-state index in [1.807, 2.05) is 5.32 Å². The predicted molar refractivity (Wildman–Crippen MR) is 139 cm³/mol. The molecule has 2 fully saturated rings. The van der Waals surface area contributed by atoms with Gasteiger partial charge in [-0.3, -0.25) is 9.48 Å². The zero-order chi connectivity index (χ0) is 34.5. The van der Waals surface area contributed by atoms with Gasteiger partial charge in [-0.15, -0.1) is 0 Å². The summed E-state index contributed by atoms with van der Waals surface area (Å²) in [7, 11) is 1.33. The molecule has 2 aliphatic rings. The average Bonchev–Trinajstić information content (AvgIpc) is 3.72. The summed E-state index contributed by atoms with van der Waals surface area (Å²) in [4.78, 5) is 31.3. The van der Waals surface area contributed by atoms with Crippen LogP contribution in [0, 0.1) is 5.92 Å². The number of urea groups is 1. The van der Waals surface area contributed by atoms with Crippen LogP contribution in [0.2, 0.25) is 0 Å². The van der Waals surface area contributed by atoms with Crippen molar-refractivity contribution in [3.05, 3.63) is 47.6 Å². The van der Waals surface area contributed by atoms with Crippen molar-refractivity contribution >= 4 is 23.0 Å². The Labute approximate surface area is 244 Å². The molecule has 10 nitrogen and oxygen atoms in total. The van der Waals surface area contributed by atoms with Crippen LogP contribution >= 0.6 is 0 Å². The van der Waals surface area contributed by atoms with Crippen LogP contribution < -0.4 is 10.6 Å². The number of alkyl halides is 5. The molecule has 3 heterocycles. The maximum absolute atomic E-state index is 14.1. The van der Waals surface area contributed by atoms with Crippen LogP contribution in [0.1, 0.15) is 73.4 Å². The van der Waals surface area contributed by atoms with Crippen molar-refractivity contribution in [2.45, 2.75) is 69.3 Å². The molecule has 2 aromatic heterocycles. The van der Waals surface area contributed by atoms with Crippen LogP contribution in [0.5, 0.6) is 0 Å². The topological polar surface area (TPSA) is 115 Å². The Kier molecular flexibility index (Phi) is 6.51. The first kappa shape index (κ1) is 23.8. The van der Waals surface area contributed by atoms with Gasteiger partial charge in [-0.05, 0) is 49.4 Å². The van der Waals surface area contributed by atoms with Gasteiger partial charge in [0.25, 0.3) is 5.91 Å². The second-order valence-corrected chi connectivity index (χ2v) is 10.3. The van der Waals surface area contributed by atoms with E-state index in [4.69, 9.17) is 16.0 Å². The van der Waals surface area contributed by atoms with Crippen molar-refractivity contribution in [1.82, 2.24) is 30.3 Å². The van der Waals surface area contributed by atoms with E-state index >= 15 is 0 Å². The van der Waals surface area contributed by atoms with Crippen molar-refractivity contribution in [1.29, 1.82) is 0 Å². The van der Waals surface area contributed by atoms with Gasteiger partial charge in [0.05, 0.1) is 21.9 Å². The molecule has 1 aliphatic heterocycles. The number of carbonyl (C=O) groups excluding carboxylic acids is 2. The Morgan fingerprint density at radius 3 is 2.76 bits per heavy atom. The van der Waals surface area contributed by atoms with E-state index in [2.05, 4.69) is 15.4 Å². The summed E-state index contributed by atoms with van der Waals surface area (Å²) >= 11 is 0. The van der Waals surface area contributed by atoms with Crippen LogP contribution in [-0.4, -0.2) is 70.0 Å².